The predicted molar refractivity (Wildman–Crippen MR) is 75.4 cm³/mol. The molecule has 1 amide bonds. The number of amides is 1. The van der Waals surface area contributed by atoms with E-state index in [0.29, 0.717) is 12.2 Å². The molecule has 3 nitrogen and oxygen atoms in total. The molecule has 1 N–H and O–H groups in total. The second kappa shape index (κ2) is 6.69. The van der Waals surface area contributed by atoms with Crippen LogP contribution in [0.4, 0.5) is 0 Å². The van der Waals surface area contributed by atoms with E-state index in [2.05, 4.69) is 32.3 Å². The van der Waals surface area contributed by atoms with Gasteiger partial charge in [0.1, 0.15) is 5.69 Å². The summed E-state index contributed by atoms with van der Waals surface area (Å²) in [7, 11) is 0. The van der Waals surface area contributed by atoms with Crippen LogP contribution in [0.2, 0.25) is 0 Å². The van der Waals surface area contributed by atoms with Crippen molar-refractivity contribution in [3.8, 4) is 0 Å². The van der Waals surface area contributed by atoms with Gasteiger partial charge in [0.25, 0.3) is 5.91 Å². The van der Waals surface area contributed by atoms with Gasteiger partial charge in [-0.25, -0.2) is 4.98 Å². The molecule has 0 aliphatic heterocycles. The van der Waals surface area contributed by atoms with Gasteiger partial charge < -0.3 is 5.32 Å². The summed E-state index contributed by atoms with van der Waals surface area (Å²) in [5.74, 6) is -0.0982. The molecule has 0 spiro atoms. The van der Waals surface area contributed by atoms with Gasteiger partial charge in [-0.2, -0.15) is 0 Å². The third-order valence-corrected chi connectivity index (χ3v) is 3.55. The molecule has 1 aromatic rings. The van der Waals surface area contributed by atoms with Crippen molar-refractivity contribution < 1.29 is 4.79 Å². The zero-order valence-corrected chi connectivity index (χ0v) is 11.9. The van der Waals surface area contributed by atoms with E-state index in [0.717, 1.165) is 10.9 Å². The molecule has 18 heavy (non-hydrogen) atoms. The molecule has 1 heterocycles. The van der Waals surface area contributed by atoms with Crippen molar-refractivity contribution in [1.29, 1.82) is 0 Å². The Bertz CT molecular complexity index is 440. The number of halogens is 1. The van der Waals surface area contributed by atoms with Gasteiger partial charge in [0.15, 0.2) is 0 Å². The van der Waals surface area contributed by atoms with Crippen LogP contribution < -0.4 is 5.32 Å². The molecule has 96 valence electrons. The first-order valence-corrected chi connectivity index (χ1v) is 7.12. The number of carbonyl (C=O) groups excluding carboxylic acids is 1. The number of allylic oxidation sites excluding steroid dienone is 1. The highest BCUT2D eigenvalue weighted by Gasteiger charge is 2.07. The normalized spacial score (nSPS) is 15.1. The predicted octanol–water partition coefficient (Wildman–Crippen LogP) is 3.46. The molecule has 0 radical (unpaired) electrons. The maximum Gasteiger partial charge on any atom is 0.269 e. The van der Waals surface area contributed by atoms with E-state index >= 15 is 0 Å². The molecular formula is C14H17BrN2O. The SMILES string of the molecule is O=C(NCCC1=CCCCC1)c1ccc(Br)cn1. The molecule has 0 saturated heterocycles. The van der Waals surface area contributed by atoms with Crippen LogP contribution in [0.15, 0.2) is 34.5 Å². The van der Waals surface area contributed by atoms with Crippen molar-refractivity contribution in [2.24, 2.45) is 0 Å². The van der Waals surface area contributed by atoms with Crippen molar-refractivity contribution in [3.05, 3.63) is 40.1 Å². The van der Waals surface area contributed by atoms with Gasteiger partial charge in [-0.05, 0) is 60.2 Å². The summed E-state index contributed by atoms with van der Waals surface area (Å²) in [6, 6.07) is 3.55. The summed E-state index contributed by atoms with van der Waals surface area (Å²) in [5, 5.41) is 2.91. The summed E-state index contributed by atoms with van der Waals surface area (Å²) in [4.78, 5) is 15.9. The fourth-order valence-electron chi connectivity index (χ4n) is 2.07. The van der Waals surface area contributed by atoms with Gasteiger partial charge in [-0.1, -0.05) is 11.6 Å². The third kappa shape index (κ3) is 3.95. The van der Waals surface area contributed by atoms with E-state index in [4.69, 9.17) is 0 Å². The number of carbonyl (C=O) groups is 1. The number of aromatic nitrogens is 1. The van der Waals surface area contributed by atoms with Crippen LogP contribution >= 0.6 is 15.9 Å². The molecule has 0 unspecified atom stereocenters. The minimum atomic E-state index is -0.0982. The molecule has 1 aliphatic rings. The Balaban J connectivity index is 1.78. The van der Waals surface area contributed by atoms with Gasteiger partial charge in [-0.15, -0.1) is 0 Å². The minimum Gasteiger partial charge on any atom is -0.350 e. The molecule has 4 heteroatoms. The van der Waals surface area contributed by atoms with Crippen molar-refractivity contribution in [1.82, 2.24) is 10.3 Å². The summed E-state index contributed by atoms with van der Waals surface area (Å²) in [5.41, 5.74) is 1.95. The van der Waals surface area contributed by atoms with Gasteiger partial charge in [0.2, 0.25) is 0 Å². The minimum absolute atomic E-state index is 0.0982. The Hall–Kier alpha value is -1.16. The smallest absolute Gasteiger partial charge is 0.269 e. The second-order valence-electron chi connectivity index (χ2n) is 4.48. The number of rotatable bonds is 4. The zero-order valence-electron chi connectivity index (χ0n) is 10.3. The number of nitrogens with one attached hydrogen (secondary N) is 1. The Morgan fingerprint density at radius 3 is 2.94 bits per heavy atom. The number of hydrogen-bond donors (Lipinski definition) is 1. The Morgan fingerprint density at radius 1 is 1.39 bits per heavy atom. The topological polar surface area (TPSA) is 42.0 Å². The summed E-state index contributed by atoms with van der Waals surface area (Å²) in [6.45, 7) is 0.697. The zero-order chi connectivity index (χ0) is 12.8. The van der Waals surface area contributed by atoms with Crippen LogP contribution in [0.5, 0.6) is 0 Å². The van der Waals surface area contributed by atoms with E-state index in [1.165, 1.54) is 31.3 Å². The van der Waals surface area contributed by atoms with Gasteiger partial charge in [0, 0.05) is 17.2 Å². The van der Waals surface area contributed by atoms with Crippen molar-refractivity contribution >= 4 is 21.8 Å². The summed E-state index contributed by atoms with van der Waals surface area (Å²) in [6.07, 6.45) is 9.88. The van der Waals surface area contributed by atoms with E-state index in [1.54, 1.807) is 12.3 Å². The van der Waals surface area contributed by atoms with E-state index < -0.39 is 0 Å². The van der Waals surface area contributed by atoms with Crippen molar-refractivity contribution in [3.63, 3.8) is 0 Å². The van der Waals surface area contributed by atoms with Crippen LogP contribution in [-0.2, 0) is 0 Å². The maximum absolute atomic E-state index is 11.8. The highest BCUT2D eigenvalue weighted by Crippen LogP contribution is 2.19. The lowest BCUT2D eigenvalue weighted by molar-refractivity contribution is 0.0949. The largest absolute Gasteiger partial charge is 0.350 e. The standard InChI is InChI=1S/C14H17BrN2O/c15-12-6-7-13(17-10-12)14(18)16-9-8-11-4-2-1-3-5-11/h4,6-7,10H,1-3,5,8-9H2,(H,16,18). The van der Waals surface area contributed by atoms with E-state index in [1.807, 2.05) is 6.07 Å². The van der Waals surface area contributed by atoms with Crippen molar-refractivity contribution in [2.45, 2.75) is 32.1 Å². The summed E-state index contributed by atoms with van der Waals surface area (Å²) >= 11 is 3.30. The molecule has 0 bridgehead atoms. The lowest BCUT2D eigenvalue weighted by Gasteiger charge is -2.12. The first kappa shape index (κ1) is 13.3. The average Bonchev–Trinajstić information content (AvgIpc) is 2.40. The van der Waals surface area contributed by atoms with Crippen LogP contribution in [0.3, 0.4) is 0 Å². The Morgan fingerprint density at radius 2 is 2.28 bits per heavy atom. The molecule has 0 fully saturated rings. The first-order valence-electron chi connectivity index (χ1n) is 6.33. The number of hydrogen-bond acceptors (Lipinski definition) is 2. The van der Waals surface area contributed by atoms with Crippen LogP contribution in [-0.4, -0.2) is 17.4 Å². The number of pyridine rings is 1. The average molecular weight is 309 g/mol. The first-order chi connectivity index (χ1) is 8.75. The molecule has 0 atom stereocenters. The molecule has 1 aliphatic carbocycles. The van der Waals surface area contributed by atoms with E-state index in [-0.39, 0.29) is 5.91 Å². The maximum atomic E-state index is 11.8. The Labute approximate surface area is 116 Å². The highest BCUT2D eigenvalue weighted by molar-refractivity contribution is 9.10. The molecule has 0 saturated carbocycles. The second-order valence-corrected chi connectivity index (χ2v) is 5.39. The lowest BCUT2D eigenvalue weighted by Crippen LogP contribution is -2.25. The van der Waals surface area contributed by atoms with Crippen LogP contribution in [0.1, 0.15) is 42.6 Å². The van der Waals surface area contributed by atoms with Gasteiger partial charge >= 0.3 is 0 Å². The Kier molecular flexibility index (Phi) is 4.93. The van der Waals surface area contributed by atoms with E-state index in [9.17, 15) is 4.79 Å². The van der Waals surface area contributed by atoms with Gasteiger partial charge in [-0.3, -0.25) is 4.79 Å². The number of nitrogens with zero attached hydrogens (tertiary/aromatic N) is 1. The van der Waals surface area contributed by atoms with Crippen LogP contribution in [0.25, 0.3) is 0 Å². The fourth-order valence-corrected chi connectivity index (χ4v) is 2.30. The van der Waals surface area contributed by atoms with Crippen molar-refractivity contribution in [2.75, 3.05) is 6.54 Å². The fraction of sp³-hybridized carbons (Fsp3) is 0.429. The quantitative estimate of drug-likeness (QED) is 0.865. The van der Waals surface area contributed by atoms with Gasteiger partial charge in [0.05, 0.1) is 0 Å². The molecule has 1 aromatic heterocycles. The third-order valence-electron chi connectivity index (χ3n) is 3.08. The monoisotopic (exact) mass is 308 g/mol. The molecule has 0 aromatic carbocycles. The lowest BCUT2D eigenvalue weighted by atomic mass is 9.97. The highest BCUT2D eigenvalue weighted by atomic mass is 79.9. The summed E-state index contributed by atoms with van der Waals surface area (Å²) < 4.78 is 0.881. The molecular weight excluding hydrogens is 292 g/mol. The van der Waals surface area contributed by atoms with Crippen LogP contribution in [0, 0.1) is 0 Å². The molecule has 2 rings (SSSR count).